The smallest absolute Gasteiger partial charge is 0.189 e. The van der Waals surface area contributed by atoms with Gasteiger partial charge in [0.2, 0.25) is 5.82 Å². The molecule has 4 nitrogen and oxygen atoms in total. The van der Waals surface area contributed by atoms with Gasteiger partial charge in [-0.1, -0.05) is 11.6 Å². The number of nitrogens with zero attached hydrogens (tertiary/aromatic N) is 4. The predicted molar refractivity (Wildman–Crippen MR) is 55.2 cm³/mol. The molecule has 0 aliphatic rings. The van der Waals surface area contributed by atoms with Gasteiger partial charge in [-0.25, -0.2) is 0 Å². The first-order valence-electron chi connectivity index (χ1n) is 4.90. The van der Waals surface area contributed by atoms with Crippen molar-refractivity contribution in [1.29, 1.82) is 0 Å². The van der Waals surface area contributed by atoms with Crippen molar-refractivity contribution in [3.63, 3.8) is 0 Å². The van der Waals surface area contributed by atoms with Crippen molar-refractivity contribution >= 4 is 17.2 Å². The van der Waals surface area contributed by atoms with E-state index in [1.54, 1.807) is 6.92 Å². The summed E-state index contributed by atoms with van der Waals surface area (Å²) in [4.78, 5) is 0. The van der Waals surface area contributed by atoms with Gasteiger partial charge in [0, 0.05) is 5.56 Å². The molecule has 0 aliphatic carbocycles. The first kappa shape index (κ1) is 13.9. The summed E-state index contributed by atoms with van der Waals surface area (Å²) in [6.45, 7) is 3.02. The Morgan fingerprint density at radius 1 is 1.00 bits per heavy atom. The van der Waals surface area contributed by atoms with Crippen molar-refractivity contribution in [1.82, 2.24) is 19.8 Å². The van der Waals surface area contributed by atoms with Crippen molar-refractivity contribution in [2.75, 3.05) is 0 Å². The Hall–Kier alpha value is -1.51. The number of hydrogen-bond acceptors (Lipinski definition) is 3. The zero-order valence-electron chi connectivity index (χ0n) is 9.56. The fourth-order valence-corrected chi connectivity index (χ4v) is 1.63. The number of halogens is 6. The molecule has 19 heavy (non-hydrogen) atoms. The van der Waals surface area contributed by atoms with Gasteiger partial charge in [-0.15, -0.1) is 10.2 Å². The topological polar surface area (TPSA) is 43.1 Å². The minimum absolute atomic E-state index is 0.191. The van der Waals surface area contributed by atoms with Gasteiger partial charge in [-0.05, 0) is 19.4 Å². The molecule has 2 aromatic heterocycles. The summed E-state index contributed by atoms with van der Waals surface area (Å²) in [7, 11) is 0. The van der Waals surface area contributed by atoms with E-state index in [4.69, 9.17) is 11.6 Å². The summed E-state index contributed by atoms with van der Waals surface area (Å²) >= 11 is 5.67. The standard InChI is InChI=1S/C9H6ClF5N4/c1-3-4(2)6-16-17-7(19(6)18-5(3)10)8(11,12)9(13,14)15/h1-2H3. The number of aryl methyl sites for hydroxylation is 1. The molecule has 2 heterocycles. The monoisotopic (exact) mass is 300 g/mol. The van der Waals surface area contributed by atoms with Crippen LogP contribution in [0.3, 0.4) is 0 Å². The molecule has 2 aromatic rings. The molecular weight excluding hydrogens is 295 g/mol. The van der Waals surface area contributed by atoms with Gasteiger partial charge >= 0.3 is 12.1 Å². The van der Waals surface area contributed by atoms with E-state index in [1.807, 2.05) is 0 Å². The molecule has 0 unspecified atom stereocenters. The molecule has 0 atom stereocenters. The van der Waals surface area contributed by atoms with Crippen molar-refractivity contribution < 1.29 is 22.0 Å². The Morgan fingerprint density at radius 3 is 2.11 bits per heavy atom. The zero-order chi connectivity index (χ0) is 14.6. The molecule has 0 amide bonds. The van der Waals surface area contributed by atoms with Gasteiger partial charge in [-0.2, -0.15) is 31.6 Å². The van der Waals surface area contributed by atoms with Crippen LogP contribution in [-0.2, 0) is 5.92 Å². The predicted octanol–water partition coefficient (Wildman–Crippen LogP) is 3.05. The van der Waals surface area contributed by atoms with E-state index >= 15 is 0 Å². The molecule has 0 saturated carbocycles. The molecular formula is C9H6ClF5N4. The van der Waals surface area contributed by atoms with Gasteiger partial charge < -0.3 is 0 Å². The first-order chi connectivity index (χ1) is 8.57. The largest absolute Gasteiger partial charge is 0.461 e. The summed E-state index contributed by atoms with van der Waals surface area (Å²) in [6, 6.07) is 0. The van der Waals surface area contributed by atoms with Gasteiger partial charge in [-0.3, -0.25) is 0 Å². The minimum Gasteiger partial charge on any atom is -0.189 e. The second-order valence-electron chi connectivity index (χ2n) is 3.87. The van der Waals surface area contributed by atoms with Crippen molar-refractivity contribution in [2.24, 2.45) is 0 Å². The molecule has 0 saturated heterocycles. The van der Waals surface area contributed by atoms with E-state index in [0.29, 0.717) is 15.6 Å². The second kappa shape index (κ2) is 3.99. The highest BCUT2D eigenvalue weighted by Gasteiger charge is 2.62. The van der Waals surface area contributed by atoms with Crippen LogP contribution in [0.2, 0.25) is 5.15 Å². The number of hydrogen-bond donors (Lipinski definition) is 0. The lowest BCUT2D eigenvalue weighted by molar-refractivity contribution is -0.293. The van der Waals surface area contributed by atoms with E-state index in [9.17, 15) is 22.0 Å². The molecule has 104 valence electrons. The fourth-order valence-electron chi connectivity index (χ4n) is 1.42. The molecule has 0 aliphatic heterocycles. The van der Waals surface area contributed by atoms with Gasteiger partial charge in [0.1, 0.15) is 0 Å². The van der Waals surface area contributed by atoms with Gasteiger partial charge in [0.15, 0.2) is 10.8 Å². The molecule has 0 N–H and O–H groups in total. The molecule has 2 rings (SSSR count). The van der Waals surface area contributed by atoms with Crippen molar-refractivity contribution in [3.05, 3.63) is 22.1 Å². The SMILES string of the molecule is Cc1c(Cl)nn2c(C(F)(F)C(F)(F)F)nnc2c1C. The maximum Gasteiger partial charge on any atom is 0.461 e. The summed E-state index contributed by atoms with van der Waals surface area (Å²) in [5, 5.41) is 9.47. The Morgan fingerprint density at radius 2 is 1.58 bits per heavy atom. The third kappa shape index (κ3) is 1.92. The van der Waals surface area contributed by atoms with Crippen LogP contribution in [-0.4, -0.2) is 26.0 Å². The summed E-state index contributed by atoms with van der Waals surface area (Å²) in [5.41, 5.74) is 0.570. The number of fused-ring (bicyclic) bond motifs is 1. The number of alkyl halides is 5. The van der Waals surface area contributed by atoms with Crippen LogP contribution in [0, 0.1) is 13.8 Å². The van der Waals surface area contributed by atoms with Crippen LogP contribution in [0.15, 0.2) is 0 Å². The quantitative estimate of drug-likeness (QED) is 0.760. The molecule has 10 heteroatoms. The van der Waals surface area contributed by atoms with E-state index in [1.165, 1.54) is 6.92 Å². The Kier molecular flexibility index (Phi) is 2.92. The van der Waals surface area contributed by atoms with Crippen LogP contribution in [0.1, 0.15) is 17.0 Å². The van der Waals surface area contributed by atoms with E-state index in [-0.39, 0.29) is 10.8 Å². The molecule has 0 fully saturated rings. The molecule has 0 bridgehead atoms. The second-order valence-corrected chi connectivity index (χ2v) is 4.23. The lowest BCUT2D eigenvalue weighted by Crippen LogP contribution is -2.36. The summed E-state index contributed by atoms with van der Waals surface area (Å²) < 4.78 is 63.8. The Labute approximate surface area is 108 Å². The highest BCUT2D eigenvalue weighted by molar-refractivity contribution is 6.30. The maximum absolute atomic E-state index is 13.3. The van der Waals surface area contributed by atoms with Crippen LogP contribution < -0.4 is 0 Å². The molecule has 0 radical (unpaired) electrons. The van der Waals surface area contributed by atoms with E-state index in [0.717, 1.165) is 0 Å². The normalized spacial score (nSPS) is 13.3. The van der Waals surface area contributed by atoms with E-state index in [2.05, 4.69) is 15.3 Å². The average Bonchev–Trinajstić information content (AvgIpc) is 2.68. The molecule has 0 aromatic carbocycles. The third-order valence-electron chi connectivity index (χ3n) is 2.67. The zero-order valence-corrected chi connectivity index (χ0v) is 10.3. The van der Waals surface area contributed by atoms with E-state index < -0.39 is 17.9 Å². The third-order valence-corrected chi connectivity index (χ3v) is 3.03. The lowest BCUT2D eigenvalue weighted by Gasteiger charge is -2.17. The number of rotatable bonds is 1. The van der Waals surface area contributed by atoms with Gasteiger partial charge in [0.25, 0.3) is 0 Å². The van der Waals surface area contributed by atoms with Crippen LogP contribution in [0.5, 0.6) is 0 Å². The fraction of sp³-hybridized carbons (Fsp3) is 0.444. The summed E-state index contributed by atoms with van der Waals surface area (Å²) in [6.07, 6.45) is -5.79. The number of aromatic nitrogens is 4. The highest BCUT2D eigenvalue weighted by Crippen LogP contribution is 2.43. The van der Waals surface area contributed by atoms with Crippen LogP contribution in [0.25, 0.3) is 5.65 Å². The first-order valence-corrected chi connectivity index (χ1v) is 5.28. The lowest BCUT2D eigenvalue weighted by atomic mass is 10.2. The minimum atomic E-state index is -5.79. The van der Waals surface area contributed by atoms with Crippen LogP contribution >= 0.6 is 11.6 Å². The summed E-state index contributed by atoms with van der Waals surface area (Å²) in [5.74, 6) is -6.77. The Balaban J connectivity index is 2.78. The Bertz CT molecular complexity index is 648. The highest BCUT2D eigenvalue weighted by atomic mass is 35.5. The molecule has 0 spiro atoms. The van der Waals surface area contributed by atoms with Crippen molar-refractivity contribution in [2.45, 2.75) is 25.9 Å². The van der Waals surface area contributed by atoms with Crippen LogP contribution in [0.4, 0.5) is 22.0 Å². The maximum atomic E-state index is 13.3. The van der Waals surface area contributed by atoms with Crippen molar-refractivity contribution in [3.8, 4) is 0 Å². The van der Waals surface area contributed by atoms with Gasteiger partial charge in [0.05, 0.1) is 0 Å². The average molecular weight is 301 g/mol.